The van der Waals surface area contributed by atoms with Crippen LogP contribution in [0.3, 0.4) is 0 Å². The van der Waals surface area contributed by atoms with Crippen molar-refractivity contribution in [2.75, 3.05) is 0 Å². The predicted octanol–water partition coefficient (Wildman–Crippen LogP) is 0.505. The third-order valence-electron chi connectivity index (χ3n) is 2.94. The van der Waals surface area contributed by atoms with E-state index in [0.717, 1.165) is 0 Å². The van der Waals surface area contributed by atoms with E-state index >= 15 is 0 Å². The highest BCUT2D eigenvalue weighted by Gasteiger charge is 2.11. The number of thiazole rings is 1. The summed E-state index contributed by atoms with van der Waals surface area (Å²) in [5, 5.41) is 2.52. The van der Waals surface area contributed by atoms with E-state index in [1.54, 1.807) is 23.6 Å². The average molecular weight is 301 g/mol. The van der Waals surface area contributed by atoms with Crippen molar-refractivity contribution in [3.63, 3.8) is 0 Å². The number of hydrazine groups is 1. The maximum Gasteiger partial charge on any atom is 0.294 e. The molecule has 3 N–H and O–H groups in total. The van der Waals surface area contributed by atoms with Gasteiger partial charge in [-0.15, -0.1) is 11.3 Å². The Morgan fingerprint density at radius 3 is 3.00 bits per heavy atom. The molecule has 0 spiro atoms. The molecule has 0 radical (unpaired) electrons. The number of nitrogen functional groups attached to an aromatic ring is 1. The van der Waals surface area contributed by atoms with E-state index in [0.29, 0.717) is 16.6 Å². The van der Waals surface area contributed by atoms with E-state index in [4.69, 9.17) is 5.84 Å². The van der Waals surface area contributed by atoms with Gasteiger partial charge in [-0.05, 0) is 12.1 Å². The summed E-state index contributed by atoms with van der Waals surface area (Å²) >= 11 is 1.17. The van der Waals surface area contributed by atoms with Gasteiger partial charge in [0.05, 0.1) is 29.5 Å². The molecule has 21 heavy (non-hydrogen) atoms. The summed E-state index contributed by atoms with van der Waals surface area (Å²) in [6.45, 7) is 0.255. The molecular weight excluding hydrogens is 290 g/mol. The first-order chi connectivity index (χ1) is 10.2. The molecule has 0 unspecified atom stereocenters. The van der Waals surface area contributed by atoms with Gasteiger partial charge in [0.1, 0.15) is 0 Å². The predicted molar refractivity (Wildman–Crippen MR) is 78.9 cm³/mol. The van der Waals surface area contributed by atoms with E-state index in [2.05, 4.69) is 9.97 Å². The van der Waals surface area contributed by atoms with Crippen LogP contribution in [0.2, 0.25) is 0 Å². The van der Waals surface area contributed by atoms with Gasteiger partial charge in [0.15, 0.2) is 5.01 Å². The summed E-state index contributed by atoms with van der Waals surface area (Å²) in [4.78, 5) is 32.1. The van der Waals surface area contributed by atoms with Crippen LogP contribution >= 0.6 is 11.3 Å². The third kappa shape index (κ3) is 2.54. The van der Waals surface area contributed by atoms with Gasteiger partial charge in [-0.25, -0.2) is 15.8 Å². The van der Waals surface area contributed by atoms with Crippen LogP contribution in [0.5, 0.6) is 0 Å². The Labute approximate surface area is 123 Å². The summed E-state index contributed by atoms with van der Waals surface area (Å²) < 4.78 is 1.46. The maximum atomic E-state index is 12.3. The van der Waals surface area contributed by atoms with Crippen molar-refractivity contribution in [1.29, 1.82) is 0 Å². The van der Waals surface area contributed by atoms with Crippen LogP contribution in [0.1, 0.15) is 15.5 Å². The van der Waals surface area contributed by atoms with Gasteiger partial charge in [0, 0.05) is 5.38 Å². The van der Waals surface area contributed by atoms with E-state index in [1.165, 1.54) is 22.2 Å². The zero-order chi connectivity index (χ0) is 14.8. The second-order valence-corrected chi connectivity index (χ2v) is 5.17. The van der Waals surface area contributed by atoms with E-state index in [9.17, 15) is 9.59 Å². The molecule has 0 bridgehead atoms. The fourth-order valence-corrected chi connectivity index (χ4v) is 2.65. The number of hydrogen-bond donors (Lipinski definition) is 2. The number of rotatable bonds is 3. The molecule has 0 aliphatic heterocycles. The Morgan fingerprint density at radius 1 is 1.38 bits per heavy atom. The molecule has 8 heteroatoms. The smallest absolute Gasteiger partial charge is 0.293 e. The van der Waals surface area contributed by atoms with Crippen LogP contribution in [0.15, 0.2) is 40.8 Å². The Hall–Kier alpha value is -2.58. The first kappa shape index (κ1) is 13.4. The minimum Gasteiger partial charge on any atom is -0.293 e. The Balaban J connectivity index is 1.95. The molecule has 0 aliphatic rings. The molecule has 0 aliphatic carbocycles. The van der Waals surface area contributed by atoms with Crippen LogP contribution in [-0.4, -0.2) is 20.4 Å². The lowest BCUT2D eigenvalue weighted by Gasteiger charge is -2.04. The molecule has 1 aromatic carbocycles. The van der Waals surface area contributed by atoms with E-state index in [1.807, 2.05) is 11.5 Å². The highest BCUT2D eigenvalue weighted by Crippen LogP contribution is 2.11. The van der Waals surface area contributed by atoms with Crippen molar-refractivity contribution < 1.29 is 4.79 Å². The maximum absolute atomic E-state index is 12.3. The number of fused-ring (bicyclic) bond motifs is 1. The Kier molecular flexibility index (Phi) is 3.46. The minimum atomic E-state index is -0.449. The van der Waals surface area contributed by atoms with Crippen LogP contribution in [-0.2, 0) is 6.54 Å². The SMILES string of the molecule is NNC(=O)c1nc(Cn2cnc3ccccc3c2=O)cs1. The molecule has 2 aromatic heterocycles. The van der Waals surface area contributed by atoms with E-state index < -0.39 is 5.91 Å². The van der Waals surface area contributed by atoms with E-state index in [-0.39, 0.29) is 17.1 Å². The van der Waals surface area contributed by atoms with Gasteiger partial charge in [-0.3, -0.25) is 19.6 Å². The van der Waals surface area contributed by atoms with Crippen LogP contribution in [0, 0.1) is 0 Å². The number of carbonyl (C=O) groups is 1. The van der Waals surface area contributed by atoms with Crippen LogP contribution < -0.4 is 16.8 Å². The monoisotopic (exact) mass is 301 g/mol. The lowest BCUT2D eigenvalue weighted by Crippen LogP contribution is -2.30. The number of nitrogens with two attached hydrogens (primary N) is 1. The van der Waals surface area contributed by atoms with Crippen molar-refractivity contribution in [2.45, 2.75) is 6.54 Å². The molecule has 0 fully saturated rings. The zero-order valence-corrected chi connectivity index (χ0v) is 11.6. The first-order valence-corrected chi connectivity index (χ1v) is 6.96. The molecule has 3 rings (SSSR count). The number of hydrogen-bond acceptors (Lipinski definition) is 6. The molecular formula is C13H11N5O2S. The van der Waals surface area contributed by atoms with Crippen molar-refractivity contribution in [2.24, 2.45) is 5.84 Å². The second-order valence-electron chi connectivity index (χ2n) is 4.31. The molecule has 3 aromatic rings. The number of nitrogens with zero attached hydrogens (tertiary/aromatic N) is 3. The van der Waals surface area contributed by atoms with Crippen LogP contribution in [0.4, 0.5) is 0 Å². The summed E-state index contributed by atoms with van der Waals surface area (Å²) in [5.74, 6) is 4.61. The van der Waals surface area contributed by atoms with Crippen molar-refractivity contribution in [3.8, 4) is 0 Å². The fraction of sp³-hybridized carbons (Fsp3) is 0.0769. The van der Waals surface area contributed by atoms with Gasteiger partial charge >= 0.3 is 0 Å². The number of para-hydroxylation sites is 1. The number of aromatic nitrogens is 3. The lowest BCUT2D eigenvalue weighted by molar-refractivity contribution is 0.0953. The average Bonchev–Trinajstić information content (AvgIpc) is 2.98. The standard InChI is InChI=1S/C13H11N5O2S/c14-17-11(19)12-16-8(6-21-12)5-18-7-15-10-4-2-1-3-9(10)13(18)20/h1-4,6-7H,5,14H2,(H,17,19). The van der Waals surface area contributed by atoms with Crippen LogP contribution in [0.25, 0.3) is 10.9 Å². The van der Waals surface area contributed by atoms with Crippen molar-refractivity contribution in [3.05, 3.63) is 57.0 Å². The third-order valence-corrected chi connectivity index (χ3v) is 3.83. The normalized spacial score (nSPS) is 10.7. The van der Waals surface area contributed by atoms with Crippen molar-refractivity contribution in [1.82, 2.24) is 20.0 Å². The summed E-state index contributed by atoms with van der Waals surface area (Å²) in [7, 11) is 0. The molecule has 0 saturated heterocycles. The Morgan fingerprint density at radius 2 is 2.19 bits per heavy atom. The largest absolute Gasteiger partial charge is 0.294 e. The number of benzene rings is 1. The quantitative estimate of drug-likeness (QED) is 0.417. The summed E-state index contributed by atoms with van der Waals surface area (Å²) in [6, 6.07) is 7.14. The fourth-order valence-electron chi connectivity index (χ4n) is 1.94. The zero-order valence-electron chi connectivity index (χ0n) is 10.8. The topological polar surface area (TPSA) is 103 Å². The molecule has 7 nitrogen and oxygen atoms in total. The van der Waals surface area contributed by atoms with Crippen molar-refractivity contribution >= 4 is 28.1 Å². The molecule has 2 heterocycles. The van der Waals surface area contributed by atoms with Gasteiger partial charge < -0.3 is 0 Å². The highest BCUT2D eigenvalue weighted by atomic mass is 32.1. The van der Waals surface area contributed by atoms with Gasteiger partial charge in [0.2, 0.25) is 0 Å². The molecule has 1 amide bonds. The lowest BCUT2D eigenvalue weighted by atomic mass is 10.2. The molecule has 106 valence electrons. The minimum absolute atomic E-state index is 0.140. The van der Waals surface area contributed by atoms with Gasteiger partial charge in [-0.1, -0.05) is 12.1 Å². The summed E-state index contributed by atoms with van der Waals surface area (Å²) in [6.07, 6.45) is 1.48. The van der Waals surface area contributed by atoms with Gasteiger partial charge in [0.25, 0.3) is 11.5 Å². The van der Waals surface area contributed by atoms with Gasteiger partial charge in [-0.2, -0.15) is 0 Å². The number of carbonyl (C=O) groups excluding carboxylic acids is 1. The second kappa shape index (κ2) is 5.43. The number of amides is 1. The molecule has 0 saturated carbocycles. The number of nitrogens with one attached hydrogen (secondary N) is 1. The molecule has 0 atom stereocenters. The summed E-state index contributed by atoms with van der Waals surface area (Å²) in [5.41, 5.74) is 3.14. The highest BCUT2D eigenvalue weighted by molar-refractivity contribution is 7.11. The first-order valence-electron chi connectivity index (χ1n) is 6.08. The Bertz CT molecular complexity index is 870.